The number of nitrogens with zero attached hydrogens (tertiary/aromatic N) is 1. The van der Waals surface area contributed by atoms with E-state index >= 15 is 0 Å². The molecule has 3 heteroatoms. The number of aliphatic hydroxyl groups excluding tert-OH is 1. The maximum atomic E-state index is 10.8. The van der Waals surface area contributed by atoms with E-state index in [1.807, 2.05) is 0 Å². The molecule has 2 aliphatic carbocycles. The lowest BCUT2D eigenvalue weighted by atomic mass is 9.48. The van der Waals surface area contributed by atoms with Crippen molar-refractivity contribution in [3.8, 4) is 0 Å². The second kappa shape index (κ2) is 12.0. The fourth-order valence-electron chi connectivity index (χ4n) is 6.18. The lowest BCUT2D eigenvalue weighted by Gasteiger charge is -2.59. The molecule has 0 amide bonds. The van der Waals surface area contributed by atoms with Gasteiger partial charge in [-0.3, -0.25) is 4.90 Å². The summed E-state index contributed by atoms with van der Waals surface area (Å²) < 4.78 is 0. The van der Waals surface area contributed by atoms with Crippen molar-refractivity contribution in [1.29, 1.82) is 0 Å². The topological polar surface area (TPSA) is 35.5 Å². The molecule has 0 aromatic heterocycles. The van der Waals surface area contributed by atoms with E-state index in [-0.39, 0.29) is 16.9 Å². The van der Waals surface area contributed by atoms with Crippen LogP contribution in [0.4, 0.5) is 0 Å². The van der Waals surface area contributed by atoms with Gasteiger partial charge in [-0.2, -0.15) is 0 Å². The van der Waals surface area contributed by atoms with Gasteiger partial charge in [0.2, 0.25) is 0 Å². The molecule has 32 heavy (non-hydrogen) atoms. The molecule has 0 spiro atoms. The molecule has 2 aliphatic rings. The van der Waals surface area contributed by atoms with Crippen molar-refractivity contribution in [3.05, 3.63) is 34.9 Å². The minimum atomic E-state index is -0.173. The zero-order valence-corrected chi connectivity index (χ0v) is 22.4. The molecule has 1 fully saturated rings. The number of hydrogen-bond donors (Lipinski definition) is 2. The lowest BCUT2D eigenvalue weighted by molar-refractivity contribution is -0.117. The molecule has 184 valence electrons. The Morgan fingerprint density at radius 2 is 1.81 bits per heavy atom. The van der Waals surface area contributed by atoms with Gasteiger partial charge in [-0.1, -0.05) is 55.7 Å². The van der Waals surface area contributed by atoms with Crippen molar-refractivity contribution in [2.45, 2.75) is 93.6 Å². The van der Waals surface area contributed by atoms with Crippen LogP contribution in [0.15, 0.2) is 34.9 Å². The van der Waals surface area contributed by atoms with Crippen molar-refractivity contribution >= 4 is 0 Å². The van der Waals surface area contributed by atoms with Gasteiger partial charge in [-0.05, 0) is 102 Å². The Labute approximate surface area is 199 Å². The average molecular weight is 445 g/mol. The summed E-state index contributed by atoms with van der Waals surface area (Å²) in [5.41, 5.74) is 4.62. The predicted octanol–water partition coefficient (Wildman–Crippen LogP) is 6.36. The van der Waals surface area contributed by atoms with Gasteiger partial charge in [-0.15, -0.1) is 0 Å². The molecule has 0 bridgehead atoms. The molecule has 0 aliphatic heterocycles. The number of allylic oxidation sites excluding steroid dienone is 3. The first-order valence-corrected chi connectivity index (χ1v) is 13.0. The third kappa shape index (κ3) is 7.05. The van der Waals surface area contributed by atoms with Gasteiger partial charge in [0, 0.05) is 19.6 Å². The number of unbranched alkanes of at least 4 members (excludes halogenated alkanes) is 1. The number of aliphatic hydroxyl groups is 1. The molecular weight excluding hydrogens is 392 g/mol. The highest BCUT2D eigenvalue weighted by Crippen LogP contribution is 2.59. The predicted molar refractivity (Wildman–Crippen MR) is 140 cm³/mol. The van der Waals surface area contributed by atoms with Gasteiger partial charge < -0.3 is 10.4 Å². The van der Waals surface area contributed by atoms with Crippen molar-refractivity contribution in [1.82, 2.24) is 10.2 Å². The highest BCUT2D eigenvalue weighted by Gasteiger charge is 2.55. The first-order chi connectivity index (χ1) is 15.0. The van der Waals surface area contributed by atoms with E-state index in [9.17, 15) is 5.11 Å². The summed E-state index contributed by atoms with van der Waals surface area (Å²) in [5.74, 6) is 1.13. The summed E-state index contributed by atoms with van der Waals surface area (Å²) >= 11 is 0. The highest BCUT2D eigenvalue weighted by molar-refractivity contribution is 5.20. The summed E-state index contributed by atoms with van der Waals surface area (Å²) in [4.78, 5) is 2.69. The van der Waals surface area contributed by atoms with E-state index in [1.165, 1.54) is 24.0 Å². The molecule has 3 nitrogen and oxygen atoms in total. The summed E-state index contributed by atoms with van der Waals surface area (Å²) in [6, 6.07) is 0. The van der Waals surface area contributed by atoms with Crippen LogP contribution >= 0.6 is 0 Å². The van der Waals surface area contributed by atoms with Crippen molar-refractivity contribution in [2.75, 3.05) is 32.7 Å². The Balaban J connectivity index is 2.05. The average Bonchev–Trinajstić information content (AvgIpc) is 2.70. The molecule has 0 radical (unpaired) electrons. The smallest absolute Gasteiger partial charge is 0.0594 e. The Morgan fingerprint density at radius 1 is 1.12 bits per heavy atom. The molecule has 1 unspecified atom stereocenters. The van der Waals surface area contributed by atoms with E-state index in [2.05, 4.69) is 83.8 Å². The zero-order valence-electron chi connectivity index (χ0n) is 22.4. The van der Waals surface area contributed by atoms with Gasteiger partial charge >= 0.3 is 0 Å². The summed E-state index contributed by atoms with van der Waals surface area (Å²) in [6.45, 7) is 23.6. The van der Waals surface area contributed by atoms with Crippen LogP contribution < -0.4 is 5.32 Å². The van der Waals surface area contributed by atoms with Gasteiger partial charge in [-0.25, -0.2) is 0 Å². The van der Waals surface area contributed by atoms with Crippen molar-refractivity contribution in [3.63, 3.8) is 0 Å². The van der Waals surface area contributed by atoms with Gasteiger partial charge in [0.25, 0.3) is 0 Å². The molecule has 4 atom stereocenters. The summed E-state index contributed by atoms with van der Waals surface area (Å²) in [6.07, 6.45) is 12.6. The quantitative estimate of drug-likeness (QED) is 0.287. The number of fused-ring (bicyclic) bond motifs is 1. The lowest BCUT2D eigenvalue weighted by Crippen LogP contribution is -2.55. The van der Waals surface area contributed by atoms with E-state index < -0.39 is 0 Å². The van der Waals surface area contributed by atoms with Crippen LogP contribution in [0.5, 0.6) is 0 Å². The largest absolute Gasteiger partial charge is 0.393 e. The molecule has 2 rings (SSSR count). The Bertz CT molecular complexity index is 681. The van der Waals surface area contributed by atoms with Crippen molar-refractivity contribution in [2.24, 2.45) is 22.7 Å². The summed E-state index contributed by atoms with van der Waals surface area (Å²) in [7, 11) is 0. The molecule has 1 saturated carbocycles. The normalized spacial score (nSPS) is 29.3. The van der Waals surface area contributed by atoms with Gasteiger partial charge in [0.1, 0.15) is 0 Å². The first kappa shape index (κ1) is 27.3. The Hall–Kier alpha value is -0.900. The van der Waals surface area contributed by atoms with E-state index in [1.54, 1.807) is 5.57 Å². The van der Waals surface area contributed by atoms with E-state index in [4.69, 9.17) is 0 Å². The second-order valence-corrected chi connectivity index (χ2v) is 11.9. The third-order valence-corrected chi connectivity index (χ3v) is 8.46. The minimum Gasteiger partial charge on any atom is -0.393 e. The van der Waals surface area contributed by atoms with E-state index in [0.717, 1.165) is 52.0 Å². The fourth-order valence-corrected chi connectivity index (χ4v) is 6.18. The Kier molecular flexibility index (Phi) is 10.2. The fraction of sp³-hybridized carbons (Fsp3) is 0.793. The molecule has 2 N–H and O–H groups in total. The summed E-state index contributed by atoms with van der Waals surface area (Å²) in [5, 5.41) is 14.3. The SMILES string of the molecule is CC(C)=CCNCCCCN(CC=C(C)C)C[C@H]1C(C)=CC[C@H]2C(C)(C)C(O)CC[C@]12C. The highest BCUT2D eigenvalue weighted by atomic mass is 16.3. The van der Waals surface area contributed by atoms with Crippen LogP contribution in [0.25, 0.3) is 0 Å². The van der Waals surface area contributed by atoms with Crippen LogP contribution in [0.2, 0.25) is 0 Å². The molecule has 0 aromatic carbocycles. The minimum absolute atomic E-state index is 0.00977. The molecular formula is C29H52N2O. The van der Waals surface area contributed by atoms with E-state index in [0.29, 0.717) is 11.8 Å². The number of nitrogens with one attached hydrogen (secondary N) is 1. The standard InChI is InChI=1S/C29H52N2O/c1-22(2)14-18-30-17-9-10-19-31(20-15-23(3)4)21-25-24(5)11-12-26-28(6,7)27(32)13-16-29(25,26)8/h11,14-15,25-27,30,32H,9-10,12-13,16-21H2,1-8H3/t25-,26-,27?,29+/m0/s1. The first-order valence-electron chi connectivity index (χ1n) is 13.0. The van der Waals surface area contributed by atoms with Gasteiger partial charge in [0.05, 0.1) is 6.10 Å². The monoisotopic (exact) mass is 444 g/mol. The molecule has 0 aromatic rings. The van der Waals surface area contributed by atoms with Crippen LogP contribution in [-0.4, -0.2) is 48.8 Å². The van der Waals surface area contributed by atoms with Crippen LogP contribution in [0, 0.1) is 22.7 Å². The maximum absolute atomic E-state index is 10.8. The van der Waals surface area contributed by atoms with Crippen LogP contribution in [0.1, 0.15) is 87.5 Å². The number of rotatable bonds is 11. The maximum Gasteiger partial charge on any atom is 0.0594 e. The number of hydrogen-bond acceptors (Lipinski definition) is 3. The zero-order chi connectivity index (χ0) is 23.9. The second-order valence-electron chi connectivity index (χ2n) is 11.9. The van der Waals surface area contributed by atoms with Gasteiger partial charge in [0.15, 0.2) is 0 Å². The van der Waals surface area contributed by atoms with Crippen LogP contribution in [0.3, 0.4) is 0 Å². The van der Waals surface area contributed by atoms with Crippen molar-refractivity contribution < 1.29 is 5.11 Å². The Morgan fingerprint density at radius 3 is 2.47 bits per heavy atom. The van der Waals surface area contributed by atoms with Crippen LogP contribution in [-0.2, 0) is 0 Å². The molecule has 0 heterocycles. The molecule has 0 saturated heterocycles. The third-order valence-electron chi connectivity index (χ3n) is 8.46.